The normalized spacial score (nSPS) is 14.5. The smallest absolute Gasteiger partial charge is 0.308 e. The Kier molecular flexibility index (Phi) is 6.02. The summed E-state index contributed by atoms with van der Waals surface area (Å²) in [7, 11) is 0. The number of nitrogens with one attached hydrogen (secondary N) is 1. The maximum Gasteiger partial charge on any atom is 0.322 e. The average molecular weight is 508 g/mol. The predicted molar refractivity (Wildman–Crippen MR) is 147 cm³/mol. The van der Waals surface area contributed by atoms with Crippen molar-refractivity contribution in [3.05, 3.63) is 131 Å². The summed E-state index contributed by atoms with van der Waals surface area (Å²) >= 11 is 6.21. The van der Waals surface area contributed by atoms with Gasteiger partial charge in [0.15, 0.2) is 0 Å². The van der Waals surface area contributed by atoms with Gasteiger partial charge in [-0.2, -0.15) is 5.10 Å². The van der Waals surface area contributed by atoms with E-state index in [1.54, 1.807) is 12.1 Å². The number of urea groups is 1. The first-order valence-corrected chi connectivity index (χ1v) is 12.7. The van der Waals surface area contributed by atoms with Crippen LogP contribution in [0.1, 0.15) is 35.5 Å². The van der Waals surface area contributed by atoms with Crippen LogP contribution in [0.4, 0.5) is 10.5 Å². The van der Waals surface area contributed by atoms with Crippen molar-refractivity contribution in [2.75, 3.05) is 5.32 Å². The largest absolute Gasteiger partial charge is 0.322 e. The van der Waals surface area contributed by atoms with E-state index in [4.69, 9.17) is 16.7 Å². The third-order valence-electron chi connectivity index (χ3n) is 6.76. The van der Waals surface area contributed by atoms with Crippen molar-refractivity contribution in [2.24, 2.45) is 0 Å². The summed E-state index contributed by atoms with van der Waals surface area (Å²) in [6.45, 7) is 2.50. The Balaban J connectivity index is 1.55. The van der Waals surface area contributed by atoms with Gasteiger partial charge in [-0.1, -0.05) is 73.1 Å². The molecule has 0 unspecified atom stereocenters. The monoisotopic (exact) mass is 507 g/mol. The fourth-order valence-electron chi connectivity index (χ4n) is 5.10. The number of hydrogen-bond acceptors (Lipinski definition) is 2. The van der Waals surface area contributed by atoms with E-state index >= 15 is 0 Å². The molecule has 7 heteroatoms. The number of para-hydroxylation sites is 1. The molecule has 2 aromatic heterocycles. The lowest BCUT2D eigenvalue weighted by Gasteiger charge is -2.31. The zero-order valence-electron chi connectivity index (χ0n) is 20.4. The summed E-state index contributed by atoms with van der Waals surface area (Å²) < 4.78 is 4.18. The van der Waals surface area contributed by atoms with Gasteiger partial charge in [-0.3, -0.25) is 0 Å². The number of benzene rings is 3. The SMILES string of the molecule is CCc1nn(-c2ccccc2)c2c1CN(C(=O)Nc1cccc(Cl)c1)[C@@H](c1ccccc1)c1cccn1-2. The van der Waals surface area contributed by atoms with Crippen LogP contribution >= 0.6 is 11.6 Å². The minimum atomic E-state index is -0.309. The Labute approximate surface area is 220 Å². The van der Waals surface area contributed by atoms with Gasteiger partial charge in [-0.25, -0.2) is 9.48 Å². The summed E-state index contributed by atoms with van der Waals surface area (Å²) in [5, 5.41) is 8.65. The summed E-state index contributed by atoms with van der Waals surface area (Å²) in [6.07, 6.45) is 2.81. The third-order valence-corrected chi connectivity index (χ3v) is 6.99. The number of aromatic nitrogens is 3. The molecule has 0 saturated carbocycles. The van der Waals surface area contributed by atoms with Gasteiger partial charge >= 0.3 is 6.03 Å². The van der Waals surface area contributed by atoms with E-state index in [2.05, 4.69) is 53.3 Å². The van der Waals surface area contributed by atoms with E-state index in [1.807, 2.05) is 64.2 Å². The Hall–Kier alpha value is -4.29. The van der Waals surface area contributed by atoms with Crippen LogP contribution in [0.15, 0.2) is 103 Å². The van der Waals surface area contributed by atoms with Crippen LogP contribution in [0.25, 0.3) is 11.5 Å². The molecular weight excluding hydrogens is 482 g/mol. The quantitative estimate of drug-likeness (QED) is 0.284. The number of hydrogen-bond donors (Lipinski definition) is 1. The number of carbonyl (C=O) groups is 1. The molecule has 2 amide bonds. The standard InChI is InChI=1S/C30H26ClN5O/c1-2-26-25-20-35(30(37)32-23-14-9-13-22(31)19-23)28(21-11-5-3-6-12-21)27-17-10-18-34(27)29(25)36(33-26)24-15-7-4-8-16-24/h3-19,28H,2,20H2,1H3,(H,32,37)/t28-/m0/s1. The van der Waals surface area contributed by atoms with Crippen molar-refractivity contribution >= 4 is 23.3 Å². The number of aryl methyl sites for hydroxylation is 1. The predicted octanol–water partition coefficient (Wildman–Crippen LogP) is 7.02. The second-order valence-corrected chi connectivity index (χ2v) is 9.47. The molecule has 0 aliphatic carbocycles. The highest BCUT2D eigenvalue weighted by Gasteiger charge is 2.36. The summed E-state index contributed by atoms with van der Waals surface area (Å²) in [5.74, 6) is 0.960. The number of fused-ring (bicyclic) bond motifs is 3. The first-order valence-electron chi connectivity index (χ1n) is 12.4. The second-order valence-electron chi connectivity index (χ2n) is 9.03. The molecule has 0 bridgehead atoms. The Morgan fingerprint density at radius 3 is 2.46 bits per heavy atom. The highest BCUT2D eigenvalue weighted by molar-refractivity contribution is 6.30. The van der Waals surface area contributed by atoms with Crippen molar-refractivity contribution in [3.8, 4) is 11.5 Å². The van der Waals surface area contributed by atoms with E-state index in [0.29, 0.717) is 17.3 Å². The maximum atomic E-state index is 14.0. The van der Waals surface area contributed by atoms with Crippen molar-refractivity contribution < 1.29 is 4.79 Å². The van der Waals surface area contributed by atoms with Crippen molar-refractivity contribution in [1.29, 1.82) is 0 Å². The Morgan fingerprint density at radius 2 is 1.73 bits per heavy atom. The minimum Gasteiger partial charge on any atom is -0.308 e. The second kappa shape index (κ2) is 9.64. The number of rotatable bonds is 4. The van der Waals surface area contributed by atoms with E-state index < -0.39 is 0 Å². The highest BCUT2D eigenvalue weighted by atomic mass is 35.5. The van der Waals surface area contributed by atoms with E-state index in [0.717, 1.165) is 40.4 Å². The number of halogens is 1. The number of nitrogens with zero attached hydrogens (tertiary/aromatic N) is 4. The summed E-state index contributed by atoms with van der Waals surface area (Å²) in [6, 6.07) is 31.1. The highest BCUT2D eigenvalue weighted by Crippen LogP contribution is 2.39. The van der Waals surface area contributed by atoms with Crippen LogP contribution in [0, 0.1) is 0 Å². The molecule has 3 aromatic carbocycles. The number of carbonyl (C=O) groups excluding carboxylic acids is 1. The zero-order chi connectivity index (χ0) is 25.4. The lowest BCUT2D eigenvalue weighted by molar-refractivity contribution is 0.194. The molecule has 0 radical (unpaired) electrons. The average Bonchev–Trinajstić information content (AvgIpc) is 3.51. The molecular formula is C30H26ClN5O. The lowest BCUT2D eigenvalue weighted by Crippen LogP contribution is -2.38. The molecule has 1 aliphatic rings. The first-order chi connectivity index (χ1) is 18.1. The van der Waals surface area contributed by atoms with Gasteiger partial charge in [0.05, 0.1) is 29.7 Å². The fraction of sp³-hybridized carbons (Fsp3) is 0.133. The molecule has 6 rings (SSSR count). The molecule has 37 heavy (non-hydrogen) atoms. The van der Waals surface area contributed by atoms with Crippen LogP contribution in [0.5, 0.6) is 0 Å². The molecule has 6 nitrogen and oxygen atoms in total. The third kappa shape index (κ3) is 4.19. The number of anilines is 1. The van der Waals surface area contributed by atoms with Crippen LogP contribution in [0.2, 0.25) is 5.02 Å². The molecule has 3 heterocycles. The fourth-order valence-corrected chi connectivity index (χ4v) is 5.29. The van der Waals surface area contributed by atoms with Gasteiger partial charge in [0.1, 0.15) is 5.82 Å². The molecule has 1 aliphatic heterocycles. The van der Waals surface area contributed by atoms with Gasteiger partial charge < -0.3 is 14.8 Å². The van der Waals surface area contributed by atoms with Crippen LogP contribution in [0.3, 0.4) is 0 Å². The molecule has 184 valence electrons. The van der Waals surface area contributed by atoms with Crippen LogP contribution < -0.4 is 5.32 Å². The van der Waals surface area contributed by atoms with Crippen LogP contribution in [-0.2, 0) is 13.0 Å². The topological polar surface area (TPSA) is 55.1 Å². The molecule has 1 N–H and O–H groups in total. The Morgan fingerprint density at radius 1 is 0.973 bits per heavy atom. The van der Waals surface area contributed by atoms with E-state index in [1.165, 1.54) is 0 Å². The van der Waals surface area contributed by atoms with Crippen molar-refractivity contribution in [1.82, 2.24) is 19.2 Å². The lowest BCUT2D eigenvalue weighted by atomic mass is 10.0. The van der Waals surface area contributed by atoms with Crippen LogP contribution in [-0.4, -0.2) is 25.3 Å². The van der Waals surface area contributed by atoms with Gasteiger partial charge in [0.2, 0.25) is 0 Å². The van der Waals surface area contributed by atoms with E-state index in [9.17, 15) is 4.79 Å². The molecule has 1 atom stereocenters. The van der Waals surface area contributed by atoms with Gasteiger partial charge in [0.25, 0.3) is 0 Å². The molecule has 0 fully saturated rings. The van der Waals surface area contributed by atoms with Gasteiger partial charge in [-0.05, 0) is 54.4 Å². The first kappa shape index (κ1) is 23.1. The van der Waals surface area contributed by atoms with Crippen molar-refractivity contribution in [3.63, 3.8) is 0 Å². The number of amides is 2. The molecule has 0 spiro atoms. The Bertz CT molecular complexity index is 1560. The maximum absolute atomic E-state index is 14.0. The summed E-state index contributed by atoms with van der Waals surface area (Å²) in [5.41, 5.74) is 5.65. The van der Waals surface area contributed by atoms with E-state index in [-0.39, 0.29) is 12.1 Å². The molecule has 0 saturated heterocycles. The summed E-state index contributed by atoms with van der Waals surface area (Å²) in [4.78, 5) is 15.9. The van der Waals surface area contributed by atoms with Gasteiger partial charge in [-0.15, -0.1) is 0 Å². The minimum absolute atomic E-state index is 0.203. The van der Waals surface area contributed by atoms with Crippen molar-refractivity contribution in [2.45, 2.75) is 25.9 Å². The zero-order valence-corrected chi connectivity index (χ0v) is 21.1. The molecule has 5 aromatic rings. The van der Waals surface area contributed by atoms with Gasteiger partial charge in [0, 0.05) is 22.5 Å².